The van der Waals surface area contributed by atoms with Crippen molar-refractivity contribution in [3.8, 4) is 33.7 Å². The van der Waals surface area contributed by atoms with Gasteiger partial charge in [0.15, 0.2) is 0 Å². The van der Waals surface area contributed by atoms with E-state index in [9.17, 15) is 19.1 Å². The lowest BCUT2D eigenvalue weighted by atomic mass is 9.97. The van der Waals surface area contributed by atoms with Gasteiger partial charge in [0.25, 0.3) is 5.56 Å². The third-order valence-electron chi connectivity index (χ3n) is 6.30. The van der Waals surface area contributed by atoms with Crippen LogP contribution in [0, 0.1) is 5.82 Å². The minimum absolute atomic E-state index is 0.0216. The van der Waals surface area contributed by atoms with E-state index in [1.54, 1.807) is 43.7 Å². The molecule has 0 amide bonds. The summed E-state index contributed by atoms with van der Waals surface area (Å²) in [7, 11) is 1.63. The Balaban J connectivity index is 1.58. The molecule has 10 heteroatoms. The molecule has 1 fully saturated rings. The number of halogens is 2. The highest BCUT2D eigenvalue weighted by Crippen LogP contribution is 2.40. The molecule has 5 rings (SSSR count). The van der Waals surface area contributed by atoms with E-state index in [1.165, 1.54) is 27.5 Å². The Kier molecular flexibility index (Phi) is 5.74. The van der Waals surface area contributed by atoms with Crippen molar-refractivity contribution >= 4 is 17.3 Å². The number of phenols is 1. The summed E-state index contributed by atoms with van der Waals surface area (Å²) in [6.07, 6.45) is 5.43. The second-order valence-electron chi connectivity index (χ2n) is 8.67. The predicted molar refractivity (Wildman–Crippen MR) is 134 cm³/mol. The van der Waals surface area contributed by atoms with Crippen molar-refractivity contribution in [2.75, 3.05) is 18.0 Å². The summed E-state index contributed by atoms with van der Waals surface area (Å²) in [6.45, 7) is 1.19. The maximum atomic E-state index is 14.7. The normalized spacial score (nSPS) is 15.7. The van der Waals surface area contributed by atoms with Gasteiger partial charge in [0.2, 0.25) is 0 Å². The average molecular weight is 496 g/mol. The minimum atomic E-state index is -0.566. The number of phenolic OH excluding ortho intramolecular Hbond substituents is 1. The van der Waals surface area contributed by atoms with E-state index >= 15 is 0 Å². The summed E-state index contributed by atoms with van der Waals surface area (Å²) < 4.78 is 17.5. The number of nitrogens with two attached hydrogens (primary N) is 1. The van der Waals surface area contributed by atoms with E-state index in [0.29, 0.717) is 35.6 Å². The van der Waals surface area contributed by atoms with Gasteiger partial charge in [-0.1, -0.05) is 17.7 Å². The SMILES string of the molecule is Cn1ccn(-c2ccc(-c3cc(F)cc(-c4c[nH]c(=O)c(N5CC[C@H](N)C5)c4)c3O)cc2Cl)c1=O. The molecule has 35 heavy (non-hydrogen) atoms. The number of anilines is 1. The van der Waals surface area contributed by atoms with E-state index < -0.39 is 5.82 Å². The van der Waals surface area contributed by atoms with Gasteiger partial charge in [0.1, 0.15) is 17.3 Å². The molecule has 0 aliphatic carbocycles. The lowest BCUT2D eigenvalue weighted by Gasteiger charge is -2.18. The van der Waals surface area contributed by atoms with Gasteiger partial charge in [-0.05, 0) is 42.3 Å². The van der Waals surface area contributed by atoms with Crippen molar-refractivity contribution in [1.29, 1.82) is 0 Å². The monoisotopic (exact) mass is 495 g/mol. The summed E-state index contributed by atoms with van der Waals surface area (Å²) in [5, 5.41) is 11.4. The topological polar surface area (TPSA) is 109 Å². The van der Waals surface area contributed by atoms with Crippen molar-refractivity contribution in [2.24, 2.45) is 12.8 Å². The van der Waals surface area contributed by atoms with Gasteiger partial charge in [0, 0.05) is 61.5 Å². The fraction of sp³-hybridized carbons (Fsp3) is 0.200. The second-order valence-corrected chi connectivity index (χ2v) is 9.08. The maximum absolute atomic E-state index is 14.7. The number of aromatic nitrogens is 3. The molecule has 0 spiro atoms. The van der Waals surface area contributed by atoms with Crippen molar-refractivity contribution < 1.29 is 9.50 Å². The number of hydrogen-bond acceptors (Lipinski definition) is 5. The van der Waals surface area contributed by atoms with E-state index in [0.717, 1.165) is 6.42 Å². The fourth-order valence-corrected chi connectivity index (χ4v) is 4.70. The van der Waals surface area contributed by atoms with Crippen LogP contribution in [-0.4, -0.2) is 38.4 Å². The molecule has 4 aromatic rings. The summed E-state index contributed by atoms with van der Waals surface area (Å²) >= 11 is 6.47. The van der Waals surface area contributed by atoms with Gasteiger partial charge in [-0.15, -0.1) is 0 Å². The van der Waals surface area contributed by atoms with E-state index in [2.05, 4.69) is 4.98 Å². The average Bonchev–Trinajstić information content (AvgIpc) is 3.41. The van der Waals surface area contributed by atoms with Crippen LogP contribution in [-0.2, 0) is 7.05 Å². The molecule has 1 aliphatic rings. The molecule has 1 saturated heterocycles. The van der Waals surface area contributed by atoms with Gasteiger partial charge < -0.3 is 25.3 Å². The number of imidazole rings is 1. The first-order valence-corrected chi connectivity index (χ1v) is 11.4. The molecule has 2 aromatic carbocycles. The van der Waals surface area contributed by atoms with E-state index in [4.69, 9.17) is 17.3 Å². The Labute approximate surface area is 204 Å². The number of aromatic hydroxyl groups is 1. The summed E-state index contributed by atoms with van der Waals surface area (Å²) in [6, 6.07) is 8.90. The van der Waals surface area contributed by atoms with E-state index in [-0.39, 0.29) is 39.2 Å². The van der Waals surface area contributed by atoms with Crippen LogP contribution < -0.4 is 21.9 Å². The number of nitrogens with one attached hydrogen (secondary N) is 1. The highest BCUT2D eigenvalue weighted by Gasteiger charge is 2.23. The van der Waals surface area contributed by atoms with Crippen LogP contribution in [0.1, 0.15) is 6.42 Å². The Morgan fingerprint density at radius 1 is 1.09 bits per heavy atom. The van der Waals surface area contributed by atoms with Gasteiger partial charge in [-0.3, -0.25) is 9.36 Å². The highest BCUT2D eigenvalue weighted by atomic mass is 35.5. The molecule has 180 valence electrons. The summed E-state index contributed by atoms with van der Waals surface area (Å²) in [5.41, 5.74) is 7.70. The maximum Gasteiger partial charge on any atom is 0.332 e. The second kappa shape index (κ2) is 8.75. The number of rotatable bonds is 4. The van der Waals surface area contributed by atoms with Crippen LogP contribution in [0.2, 0.25) is 5.02 Å². The number of nitrogens with zero attached hydrogens (tertiary/aromatic N) is 3. The molecule has 0 unspecified atom stereocenters. The van der Waals surface area contributed by atoms with Crippen LogP contribution in [0.4, 0.5) is 10.1 Å². The fourth-order valence-electron chi connectivity index (χ4n) is 4.42. The third kappa shape index (κ3) is 4.13. The van der Waals surface area contributed by atoms with Crippen molar-refractivity contribution in [3.63, 3.8) is 0 Å². The minimum Gasteiger partial charge on any atom is -0.507 e. The molecule has 3 heterocycles. The first kappa shape index (κ1) is 22.9. The Morgan fingerprint density at radius 2 is 1.83 bits per heavy atom. The van der Waals surface area contributed by atoms with Crippen LogP contribution in [0.15, 0.2) is 64.6 Å². The Bertz CT molecular complexity index is 1560. The number of aromatic amines is 1. The quantitative estimate of drug-likeness (QED) is 0.403. The Morgan fingerprint density at radius 3 is 2.46 bits per heavy atom. The molecular weight excluding hydrogens is 473 g/mol. The molecule has 4 N–H and O–H groups in total. The zero-order chi connectivity index (χ0) is 24.9. The van der Waals surface area contributed by atoms with Gasteiger partial charge in [-0.25, -0.2) is 9.18 Å². The zero-order valence-corrected chi connectivity index (χ0v) is 19.6. The first-order valence-electron chi connectivity index (χ1n) is 11.0. The van der Waals surface area contributed by atoms with Crippen LogP contribution in [0.25, 0.3) is 27.9 Å². The van der Waals surface area contributed by atoms with Gasteiger partial charge in [-0.2, -0.15) is 0 Å². The molecule has 2 aromatic heterocycles. The van der Waals surface area contributed by atoms with Crippen LogP contribution in [0.5, 0.6) is 5.75 Å². The number of aryl methyl sites for hydroxylation is 1. The molecule has 1 atom stereocenters. The number of benzene rings is 2. The first-order chi connectivity index (χ1) is 16.7. The molecule has 1 aliphatic heterocycles. The summed E-state index contributed by atoms with van der Waals surface area (Å²) in [5.74, 6) is -0.730. The molecule has 0 bridgehead atoms. The smallest absolute Gasteiger partial charge is 0.332 e. The van der Waals surface area contributed by atoms with E-state index in [1.807, 2.05) is 4.90 Å². The van der Waals surface area contributed by atoms with Gasteiger partial charge >= 0.3 is 5.69 Å². The van der Waals surface area contributed by atoms with Crippen molar-refractivity contribution in [2.45, 2.75) is 12.5 Å². The number of H-pyrrole nitrogens is 1. The molecular formula is C25H23ClFN5O3. The third-order valence-corrected chi connectivity index (χ3v) is 6.60. The number of pyridine rings is 1. The zero-order valence-electron chi connectivity index (χ0n) is 18.8. The summed E-state index contributed by atoms with van der Waals surface area (Å²) in [4.78, 5) is 29.3. The van der Waals surface area contributed by atoms with Crippen molar-refractivity contribution in [3.05, 3.63) is 86.7 Å². The Hall–Kier alpha value is -3.82. The largest absolute Gasteiger partial charge is 0.507 e. The van der Waals surface area contributed by atoms with Crippen LogP contribution >= 0.6 is 11.6 Å². The molecule has 0 saturated carbocycles. The van der Waals surface area contributed by atoms with Gasteiger partial charge in [0.05, 0.1) is 10.7 Å². The van der Waals surface area contributed by atoms with Crippen LogP contribution in [0.3, 0.4) is 0 Å². The lowest BCUT2D eigenvalue weighted by Crippen LogP contribution is -2.30. The highest BCUT2D eigenvalue weighted by molar-refractivity contribution is 6.32. The predicted octanol–water partition coefficient (Wildman–Crippen LogP) is 3.23. The lowest BCUT2D eigenvalue weighted by molar-refractivity contribution is 0.477. The molecule has 0 radical (unpaired) electrons. The van der Waals surface area contributed by atoms with Crippen molar-refractivity contribution in [1.82, 2.24) is 14.1 Å². The molecule has 8 nitrogen and oxygen atoms in total. The standard InChI is InChI=1S/C25H23ClFN5O3/c1-30-6-7-32(25(30)35)21-3-2-14(8-20(21)26)18-10-16(27)11-19(23(18)33)15-9-22(24(34)29-12-15)31-5-4-17(28)13-31/h2-3,6-12,17,33H,4-5,13,28H2,1H3,(H,29,34)/t17-/m0/s1. The number of hydrogen-bond donors (Lipinski definition) is 3.